The molecular formula is C8H6IN3O2S. The lowest BCUT2D eigenvalue weighted by Gasteiger charge is -1.89. The second kappa shape index (κ2) is 4.27. The van der Waals surface area contributed by atoms with Crippen LogP contribution in [0.5, 0.6) is 5.88 Å². The molecule has 0 radical (unpaired) electrons. The summed E-state index contributed by atoms with van der Waals surface area (Å²) in [7, 11) is 0. The summed E-state index contributed by atoms with van der Waals surface area (Å²) >= 11 is 2.83. The van der Waals surface area contributed by atoms with E-state index in [-0.39, 0.29) is 9.67 Å². The molecule has 15 heavy (non-hydrogen) atoms. The molecule has 2 aromatic rings. The van der Waals surface area contributed by atoms with Gasteiger partial charge in [-0.25, -0.2) is 9.97 Å². The number of rotatable bonds is 3. The smallest absolute Gasteiger partial charge is 0.237 e. The third kappa shape index (κ3) is 2.34. The van der Waals surface area contributed by atoms with Crippen molar-refractivity contribution in [2.24, 2.45) is 0 Å². The highest BCUT2D eigenvalue weighted by Crippen LogP contribution is 2.27. The molecule has 0 aromatic carbocycles. The number of carbonyl (C=O) groups excluding carboxylic acids is 1. The highest BCUT2D eigenvalue weighted by molar-refractivity contribution is 14.1. The van der Waals surface area contributed by atoms with E-state index >= 15 is 0 Å². The fourth-order valence-corrected chi connectivity index (χ4v) is 2.49. The molecule has 2 heterocycles. The summed E-state index contributed by atoms with van der Waals surface area (Å²) in [5.41, 5.74) is 0.899. The largest absolute Gasteiger partial charge is 0.492 e. The van der Waals surface area contributed by atoms with Gasteiger partial charge in [-0.05, 0) is 0 Å². The van der Waals surface area contributed by atoms with Crippen molar-refractivity contribution in [3.63, 3.8) is 0 Å². The fourth-order valence-electron chi connectivity index (χ4n) is 1.10. The molecular weight excluding hydrogens is 329 g/mol. The van der Waals surface area contributed by atoms with Gasteiger partial charge in [-0.15, -0.1) is 11.3 Å². The molecule has 0 unspecified atom stereocenters. The quantitative estimate of drug-likeness (QED) is 0.662. The van der Waals surface area contributed by atoms with Crippen LogP contribution in [0.4, 0.5) is 0 Å². The van der Waals surface area contributed by atoms with Gasteiger partial charge in [-0.2, -0.15) is 0 Å². The number of halogens is 1. The molecule has 0 saturated heterocycles. The Kier molecular flexibility index (Phi) is 3.00. The minimum Gasteiger partial charge on any atom is -0.492 e. The molecule has 0 atom stereocenters. The first-order valence-corrected chi connectivity index (χ1v) is 5.92. The number of nitrogens with one attached hydrogen (secondary N) is 1. The maximum atomic E-state index is 11.1. The Hall–Kier alpha value is -0.960. The first kappa shape index (κ1) is 10.6. The standard InChI is InChI=1S/C8H6IN3O2S/c9-7(13)6-8(14)12-5(15-6)1-4-2-10-3-11-4/h2-3,14H,1H2,(H,10,11). The molecule has 2 aromatic heterocycles. The number of aromatic amines is 1. The maximum absolute atomic E-state index is 11.1. The zero-order valence-corrected chi connectivity index (χ0v) is 10.4. The Morgan fingerprint density at radius 2 is 2.47 bits per heavy atom. The van der Waals surface area contributed by atoms with Crippen molar-refractivity contribution < 1.29 is 9.90 Å². The average molecular weight is 335 g/mol. The summed E-state index contributed by atoms with van der Waals surface area (Å²) in [5, 5.41) is 10.1. The van der Waals surface area contributed by atoms with E-state index in [9.17, 15) is 9.90 Å². The van der Waals surface area contributed by atoms with Crippen molar-refractivity contribution in [2.45, 2.75) is 6.42 Å². The molecule has 0 aliphatic rings. The van der Waals surface area contributed by atoms with Crippen molar-refractivity contribution >= 4 is 37.7 Å². The molecule has 2 rings (SSSR count). The van der Waals surface area contributed by atoms with Crippen LogP contribution in [0.2, 0.25) is 0 Å². The van der Waals surface area contributed by atoms with Crippen LogP contribution >= 0.6 is 33.9 Å². The predicted molar refractivity (Wildman–Crippen MR) is 63.5 cm³/mol. The van der Waals surface area contributed by atoms with E-state index in [0.717, 1.165) is 5.69 Å². The van der Waals surface area contributed by atoms with E-state index in [1.54, 1.807) is 35.1 Å². The Labute approximate surface area is 103 Å². The molecule has 2 N–H and O–H groups in total. The van der Waals surface area contributed by atoms with E-state index in [0.29, 0.717) is 16.3 Å². The summed E-state index contributed by atoms with van der Waals surface area (Å²) in [6.45, 7) is 0. The van der Waals surface area contributed by atoms with E-state index in [2.05, 4.69) is 15.0 Å². The van der Waals surface area contributed by atoms with Crippen molar-refractivity contribution in [3.8, 4) is 5.88 Å². The normalized spacial score (nSPS) is 10.5. The van der Waals surface area contributed by atoms with Gasteiger partial charge in [0.05, 0.1) is 6.33 Å². The molecule has 0 aliphatic heterocycles. The minimum absolute atomic E-state index is 0.186. The Bertz CT molecular complexity index is 480. The zero-order valence-electron chi connectivity index (χ0n) is 7.40. The summed E-state index contributed by atoms with van der Waals surface area (Å²) in [6.07, 6.45) is 3.80. The first-order chi connectivity index (χ1) is 7.16. The molecule has 0 saturated carbocycles. The molecule has 0 amide bonds. The first-order valence-electron chi connectivity index (χ1n) is 4.02. The van der Waals surface area contributed by atoms with Gasteiger partial charge in [0.15, 0.2) is 0 Å². The van der Waals surface area contributed by atoms with E-state index in [1.165, 1.54) is 11.3 Å². The fraction of sp³-hybridized carbons (Fsp3) is 0.125. The van der Waals surface area contributed by atoms with Gasteiger partial charge in [0.25, 0.3) is 0 Å². The molecule has 78 valence electrons. The number of H-pyrrole nitrogens is 1. The number of hydrogen-bond donors (Lipinski definition) is 2. The number of thiazole rings is 1. The number of imidazole rings is 1. The summed E-state index contributed by atoms with van der Waals surface area (Å²) < 4.78 is -0.196. The van der Waals surface area contributed by atoms with E-state index in [1.807, 2.05) is 0 Å². The van der Waals surface area contributed by atoms with Gasteiger partial charge in [0.2, 0.25) is 9.67 Å². The van der Waals surface area contributed by atoms with Crippen molar-refractivity contribution in [3.05, 3.63) is 28.1 Å². The summed E-state index contributed by atoms with van der Waals surface area (Å²) in [6, 6.07) is 0. The minimum atomic E-state index is -0.196. The number of carbonyl (C=O) groups is 1. The lowest BCUT2D eigenvalue weighted by molar-refractivity contribution is 0.110. The van der Waals surface area contributed by atoms with Gasteiger partial charge < -0.3 is 10.1 Å². The van der Waals surface area contributed by atoms with Crippen LogP contribution in [0.15, 0.2) is 12.5 Å². The number of aromatic nitrogens is 3. The van der Waals surface area contributed by atoms with Crippen LogP contribution in [-0.2, 0) is 6.42 Å². The highest BCUT2D eigenvalue weighted by atomic mass is 127. The Morgan fingerprint density at radius 1 is 1.67 bits per heavy atom. The molecule has 5 nitrogen and oxygen atoms in total. The maximum Gasteiger partial charge on any atom is 0.237 e. The van der Waals surface area contributed by atoms with Crippen LogP contribution in [0.3, 0.4) is 0 Å². The van der Waals surface area contributed by atoms with Gasteiger partial charge in [-0.1, -0.05) is 0 Å². The van der Waals surface area contributed by atoms with Gasteiger partial charge in [-0.3, -0.25) is 4.79 Å². The molecule has 0 bridgehead atoms. The molecule has 7 heteroatoms. The summed E-state index contributed by atoms with van der Waals surface area (Å²) in [5.74, 6) is -0.186. The third-order valence-electron chi connectivity index (χ3n) is 1.73. The average Bonchev–Trinajstić information content (AvgIpc) is 2.75. The van der Waals surface area contributed by atoms with Crippen LogP contribution in [0.25, 0.3) is 0 Å². The monoisotopic (exact) mass is 335 g/mol. The van der Waals surface area contributed by atoms with Crippen LogP contribution in [-0.4, -0.2) is 23.8 Å². The zero-order chi connectivity index (χ0) is 10.8. The summed E-state index contributed by atoms with van der Waals surface area (Å²) in [4.78, 5) is 22.1. The lowest BCUT2D eigenvalue weighted by Crippen LogP contribution is -1.85. The predicted octanol–water partition coefficient (Wildman–Crippen LogP) is 1.74. The lowest BCUT2D eigenvalue weighted by atomic mass is 10.3. The number of aromatic hydroxyl groups is 1. The van der Waals surface area contributed by atoms with Crippen molar-refractivity contribution in [2.75, 3.05) is 0 Å². The van der Waals surface area contributed by atoms with Crippen LogP contribution < -0.4 is 0 Å². The van der Waals surface area contributed by atoms with E-state index < -0.39 is 0 Å². The molecule has 0 fully saturated rings. The molecule has 0 aliphatic carbocycles. The van der Waals surface area contributed by atoms with Gasteiger partial charge in [0.1, 0.15) is 9.88 Å². The second-order valence-corrected chi connectivity index (χ2v) is 4.85. The number of nitrogens with zero attached hydrogens (tertiary/aromatic N) is 2. The van der Waals surface area contributed by atoms with E-state index in [4.69, 9.17) is 0 Å². The van der Waals surface area contributed by atoms with Crippen LogP contribution in [0.1, 0.15) is 20.4 Å². The van der Waals surface area contributed by atoms with Gasteiger partial charge >= 0.3 is 0 Å². The van der Waals surface area contributed by atoms with Gasteiger partial charge in [0, 0.05) is 40.9 Å². The Balaban J connectivity index is 2.23. The van der Waals surface area contributed by atoms with Crippen molar-refractivity contribution in [1.82, 2.24) is 15.0 Å². The molecule has 0 spiro atoms. The Morgan fingerprint density at radius 3 is 3.00 bits per heavy atom. The number of hydrogen-bond acceptors (Lipinski definition) is 5. The SMILES string of the molecule is O=C(I)c1sc(Cc2cnc[nH]2)nc1O. The van der Waals surface area contributed by atoms with Crippen molar-refractivity contribution in [1.29, 1.82) is 0 Å². The topological polar surface area (TPSA) is 78.9 Å². The second-order valence-electron chi connectivity index (χ2n) is 2.79. The third-order valence-corrected chi connectivity index (χ3v) is 3.68. The highest BCUT2D eigenvalue weighted by Gasteiger charge is 2.15. The van der Waals surface area contributed by atoms with Crippen LogP contribution in [0, 0.1) is 0 Å².